The lowest BCUT2D eigenvalue weighted by molar-refractivity contribution is 0.692. The van der Waals surface area contributed by atoms with Crippen molar-refractivity contribution < 1.29 is 0 Å². The third kappa shape index (κ3) is 4.90. The Labute approximate surface area is 399 Å². The highest BCUT2D eigenvalue weighted by Gasteiger charge is 2.55. The maximum Gasteiger partial charge on any atom is 0.182 e. The van der Waals surface area contributed by atoms with Crippen molar-refractivity contribution in [3.63, 3.8) is 0 Å². The third-order valence-corrected chi connectivity index (χ3v) is 22.6. The van der Waals surface area contributed by atoms with E-state index in [9.17, 15) is 0 Å². The van der Waals surface area contributed by atoms with Crippen LogP contribution in [0.1, 0.15) is 33.4 Å². The highest BCUT2D eigenvalue weighted by atomic mass is 32.2. The number of thiophene rings is 1. The summed E-state index contributed by atoms with van der Waals surface area (Å²) in [5.74, 6) is 0. The van der Waals surface area contributed by atoms with Gasteiger partial charge in [-0.3, -0.25) is 0 Å². The maximum atomic E-state index is 2.62. The minimum absolute atomic E-state index is 0.570. The first-order valence-corrected chi connectivity index (χ1v) is 26.9. The molecule has 10 aromatic carbocycles. The second-order valence-electron chi connectivity index (χ2n) is 18.9. The van der Waals surface area contributed by atoms with E-state index in [0.29, 0.717) is 0 Å². The fourth-order valence-corrected chi connectivity index (χ4v) is 20.9. The van der Waals surface area contributed by atoms with Crippen LogP contribution in [0.25, 0.3) is 53.6 Å². The van der Waals surface area contributed by atoms with Gasteiger partial charge in [-0.05, 0) is 145 Å². The summed E-state index contributed by atoms with van der Waals surface area (Å²) < 4.78 is 2.65. The quantitative estimate of drug-likeness (QED) is 0.159. The van der Waals surface area contributed by atoms with Gasteiger partial charge in [-0.25, -0.2) is 0 Å². The number of benzene rings is 10. The van der Waals surface area contributed by atoms with Gasteiger partial charge in [-0.1, -0.05) is 181 Å². The van der Waals surface area contributed by atoms with Gasteiger partial charge in [0.2, 0.25) is 0 Å². The molecule has 314 valence electrons. The van der Waals surface area contributed by atoms with E-state index in [1.54, 1.807) is 0 Å². The Morgan fingerprint density at radius 3 is 1.70 bits per heavy atom. The van der Waals surface area contributed by atoms with Crippen LogP contribution in [0.5, 0.6) is 0 Å². The molecule has 1 nitrogen and oxygen atoms in total. The van der Waals surface area contributed by atoms with Crippen molar-refractivity contribution in [2.24, 2.45) is 0 Å². The van der Waals surface area contributed by atoms with Gasteiger partial charge >= 0.3 is 0 Å². The van der Waals surface area contributed by atoms with Crippen LogP contribution >= 0.6 is 23.1 Å². The van der Waals surface area contributed by atoms with Crippen molar-refractivity contribution in [2.75, 3.05) is 4.90 Å². The van der Waals surface area contributed by atoms with E-state index in [0.717, 1.165) is 0 Å². The largest absolute Gasteiger partial charge is 0.310 e. The van der Waals surface area contributed by atoms with Crippen LogP contribution < -0.4 is 25.6 Å². The van der Waals surface area contributed by atoms with Crippen molar-refractivity contribution in [1.29, 1.82) is 0 Å². The zero-order chi connectivity index (χ0) is 44.2. The molecule has 0 amide bonds. The molecular formula is C63H41NS2Si. The van der Waals surface area contributed by atoms with Crippen LogP contribution in [0, 0.1) is 13.8 Å². The Kier molecular flexibility index (Phi) is 7.75. The number of hydrogen-bond acceptors (Lipinski definition) is 3. The number of nitrogens with zero attached hydrogens (tertiary/aromatic N) is 1. The van der Waals surface area contributed by atoms with Crippen LogP contribution in [-0.2, 0) is 5.41 Å². The fourth-order valence-electron chi connectivity index (χ4n) is 12.8. The monoisotopic (exact) mass is 903 g/mol. The molecular weight excluding hydrogens is 863 g/mol. The van der Waals surface area contributed by atoms with Gasteiger partial charge in [0.15, 0.2) is 8.07 Å². The first-order valence-electron chi connectivity index (χ1n) is 23.3. The zero-order valence-electron chi connectivity index (χ0n) is 37.0. The summed E-state index contributed by atoms with van der Waals surface area (Å²) in [6.45, 7) is 4.53. The Bertz CT molecular complexity index is 3870. The summed E-state index contributed by atoms with van der Waals surface area (Å²) in [7, 11) is -2.74. The number of hydrogen-bond donors (Lipinski definition) is 0. The van der Waals surface area contributed by atoms with Gasteiger partial charge in [0, 0.05) is 35.7 Å². The molecule has 0 saturated carbocycles. The molecule has 0 radical (unpaired) electrons. The smallest absolute Gasteiger partial charge is 0.182 e. The molecule has 0 aliphatic carbocycles. The number of rotatable bonds is 2. The number of aryl methyl sites for hydroxylation is 2. The Morgan fingerprint density at radius 2 is 0.940 bits per heavy atom. The Morgan fingerprint density at radius 1 is 0.388 bits per heavy atom. The molecule has 0 unspecified atom stereocenters. The number of para-hydroxylation sites is 1. The minimum Gasteiger partial charge on any atom is -0.310 e. The van der Waals surface area contributed by atoms with Crippen LogP contribution in [0.4, 0.5) is 17.1 Å². The summed E-state index contributed by atoms with van der Waals surface area (Å²) in [6, 6.07) is 82.2. The van der Waals surface area contributed by atoms with Crippen LogP contribution in [0.2, 0.25) is 0 Å². The van der Waals surface area contributed by atoms with E-state index in [-0.39, 0.29) is 0 Å². The molecule has 11 aromatic rings. The molecule has 4 aliphatic rings. The predicted octanol–water partition coefficient (Wildman–Crippen LogP) is 14.3. The average molecular weight is 904 g/mol. The standard InChI is InChI=1S/C63H41NS2Si/c1-38-23-28-46-47-29-24-39(2)34-61(47)67(60(46)33-38)59-22-12-4-14-45(59)48-31-27-42(37-62(48)67)64-53-18-8-5-15-49(53)63(50-16-6-10-20-56(50)66-57-21-11-7-17-51(57)63)52-35-40(26-32-54(52)64)41-25-30-44-43-13-3-9-19-55(43)65-58(44)36-41/h3-37H,1-2H3. The van der Waals surface area contributed by atoms with Crippen LogP contribution in [0.15, 0.2) is 222 Å². The van der Waals surface area contributed by atoms with Gasteiger partial charge in [0.05, 0.1) is 16.8 Å². The van der Waals surface area contributed by atoms with Crippen molar-refractivity contribution in [2.45, 2.75) is 29.1 Å². The lowest BCUT2D eigenvalue weighted by Crippen LogP contribution is -2.70. The van der Waals surface area contributed by atoms with Crippen LogP contribution in [-0.4, -0.2) is 8.07 Å². The average Bonchev–Trinajstić information content (AvgIpc) is 3.99. The van der Waals surface area contributed by atoms with Gasteiger partial charge in [0.1, 0.15) is 0 Å². The molecule has 0 bridgehead atoms. The number of fused-ring (bicyclic) bond motifs is 21. The van der Waals surface area contributed by atoms with Crippen molar-refractivity contribution in [1.82, 2.24) is 0 Å². The van der Waals surface area contributed by atoms with E-state index in [4.69, 9.17) is 0 Å². The third-order valence-electron chi connectivity index (χ3n) is 15.4. The molecule has 5 heterocycles. The predicted molar refractivity (Wildman–Crippen MR) is 287 cm³/mol. The second-order valence-corrected chi connectivity index (χ2v) is 24.7. The lowest BCUT2D eigenvalue weighted by Gasteiger charge is -2.49. The second kappa shape index (κ2) is 13.7. The minimum atomic E-state index is -2.74. The first kappa shape index (κ1) is 37.9. The van der Waals surface area contributed by atoms with Gasteiger partial charge in [-0.2, -0.15) is 0 Å². The SMILES string of the molecule is Cc1ccc2c(c1)[Si]1(c3ccccc3-c3ccc(N4c5ccccc5C5(c6ccccc6Sc6ccccc65)c5cc(-c6ccc7c(c6)sc6ccccc67)ccc54)cc31)c1cc(C)ccc1-2. The van der Waals surface area contributed by atoms with Crippen molar-refractivity contribution >= 4 is 89.2 Å². The molecule has 1 aromatic heterocycles. The molecule has 0 atom stereocenters. The summed E-state index contributed by atoms with van der Waals surface area (Å²) in [4.78, 5) is 5.22. The van der Waals surface area contributed by atoms with Crippen molar-refractivity contribution in [3.8, 4) is 33.4 Å². The molecule has 15 rings (SSSR count). The lowest BCUT2D eigenvalue weighted by atomic mass is 9.62. The Balaban J connectivity index is 1.03. The van der Waals surface area contributed by atoms with Crippen LogP contribution in [0.3, 0.4) is 0 Å². The molecule has 0 fully saturated rings. The molecule has 0 saturated heterocycles. The molecule has 67 heavy (non-hydrogen) atoms. The molecule has 4 aliphatic heterocycles. The summed E-state index contributed by atoms with van der Waals surface area (Å²) in [5.41, 5.74) is 19.0. The maximum absolute atomic E-state index is 2.74. The first-order chi connectivity index (χ1) is 33.0. The topological polar surface area (TPSA) is 3.24 Å². The van der Waals surface area contributed by atoms with E-state index in [2.05, 4.69) is 231 Å². The van der Waals surface area contributed by atoms with E-state index < -0.39 is 13.5 Å². The molecule has 2 spiro atoms. The molecule has 4 heteroatoms. The number of anilines is 3. The normalized spacial score (nSPS) is 14.9. The van der Waals surface area contributed by atoms with E-state index in [1.165, 1.54) is 135 Å². The summed E-state index contributed by atoms with van der Waals surface area (Å²) in [6.07, 6.45) is 0. The Hall–Kier alpha value is -7.21. The zero-order valence-corrected chi connectivity index (χ0v) is 39.6. The van der Waals surface area contributed by atoms with E-state index >= 15 is 0 Å². The highest BCUT2D eigenvalue weighted by molar-refractivity contribution is 7.99. The summed E-state index contributed by atoms with van der Waals surface area (Å²) >= 11 is 3.79. The fraction of sp³-hybridized carbons (Fsp3) is 0.0476. The molecule has 0 N–H and O–H groups in total. The summed E-state index contributed by atoms with van der Waals surface area (Å²) in [5, 5.41) is 8.68. The highest BCUT2D eigenvalue weighted by Crippen LogP contribution is 2.63. The van der Waals surface area contributed by atoms with E-state index in [1.807, 2.05) is 23.1 Å². The van der Waals surface area contributed by atoms with Gasteiger partial charge in [0.25, 0.3) is 0 Å². The van der Waals surface area contributed by atoms with Gasteiger partial charge < -0.3 is 4.90 Å². The van der Waals surface area contributed by atoms with Crippen molar-refractivity contribution in [3.05, 3.63) is 246 Å². The van der Waals surface area contributed by atoms with Gasteiger partial charge in [-0.15, -0.1) is 11.3 Å².